The first kappa shape index (κ1) is 16.4. The van der Waals surface area contributed by atoms with E-state index in [1.807, 2.05) is 36.7 Å². The number of fused-ring (bicyclic) bond motifs is 2. The average molecular weight is 337 g/mol. The van der Waals surface area contributed by atoms with Gasteiger partial charge in [-0.15, -0.1) is 0 Å². The fourth-order valence-electron chi connectivity index (χ4n) is 4.74. The van der Waals surface area contributed by atoms with Gasteiger partial charge in [-0.2, -0.15) is 0 Å². The Balaban J connectivity index is 1.39. The Morgan fingerprint density at radius 3 is 2.68 bits per heavy atom. The van der Waals surface area contributed by atoms with Gasteiger partial charge in [0.05, 0.1) is 0 Å². The first-order valence-corrected chi connectivity index (χ1v) is 9.53. The van der Waals surface area contributed by atoms with Crippen LogP contribution >= 0.6 is 0 Å². The zero-order chi connectivity index (χ0) is 17.4. The highest BCUT2D eigenvalue weighted by molar-refractivity contribution is 5.91. The molecule has 132 valence electrons. The van der Waals surface area contributed by atoms with Gasteiger partial charge in [-0.05, 0) is 61.3 Å². The molecule has 2 fully saturated rings. The molecule has 0 radical (unpaired) electrons. The van der Waals surface area contributed by atoms with Crippen LogP contribution in [-0.2, 0) is 4.79 Å². The minimum Gasteiger partial charge on any atom is -0.326 e. The van der Waals surface area contributed by atoms with Crippen molar-refractivity contribution in [2.75, 3.05) is 5.32 Å². The molecule has 4 heteroatoms. The molecule has 1 N–H and O–H groups in total. The first-order valence-electron chi connectivity index (χ1n) is 9.53. The van der Waals surface area contributed by atoms with E-state index >= 15 is 0 Å². The molecule has 4 nitrogen and oxygen atoms in total. The predicted molar refractivity (Wildman–Crippen MR) is 99.8 cm³/mol. The van der Waals surface area contributed by atoms with Gasteiger partial charge in [-0.25, -0.2) is 4.98 Å². The van der Waals surface area contributed by atoms with Crippen LogP contribution in [0.15, 0.2) is 36.7 Å². The molecule has 2 aliphatic carbocycles. The largest absolute Gasteiger partial charge is 0.326 e. The molecule has 3 unspecified atom stereocenters. The van der Waals surface area contributed by atoms with Crippen LogP contribution in [0, 0.1) is 17.8 Å². The topological polar surface area (TPSA) is 46.9 Å². The molecular weight excluding hydrogens is 310 g/mol. The lowest BCUT2D eigenvalue weighted by atomic mass is 9.86. The van der Waals surface area contributed by atoms with Gasteiger partial charge < -0.3 is 9.88 Å². The second-order valence-corrected chi connectivity index (χ2v) is 8.04. The van der Waals surface area contributed by atoms with Crippen LogP contribution in [0.3, 0.4) is 0 Å². The van der Waals surface area contributed by atoms with E-state index in [1.54, 1.807) is 0 Å². The quantitative estimate of drug-likeness (QED) is 0.855. The molecule has 0 aliphatic heterocycles. The van der Waals surface area contributed by atoms with Gasteiger partial charge in [-0.3, -0.25) is 4.79 Å². The monoisotopic (exact) mass is 337 g/mol. The van der Waals surface area contributed by atoms with E-state index in [1.165, 1.54) is 25.7 Å². The normalized spacial score (nSPS) is 24.8. The summed E-state index contributed by atoms with van der Waals surface area (Å²) >= 11 is 0. The number of imidazole rings is 1. The van der Waals surface area contributed by atoms with Crippen molar-refractivity contribution in [3.05, 3.63) is 42.5 Å². The molecular formula is C21H27N3O. The van der Waals surface area contributed by atoms with Crippen LogP contribution < -0.4 is 5.32 Å². The van der Waals surface area contributed by atoms with E-state index in [9.17, 15) is 4.79 Å². The number of anilines is 1. The molecule has 0 saturated heterocycles. The fourth-order valence-corrected chi connectivity index (χ4v) is 4.74. The number of carbonyl (C=O) groups excluding carboxylic acids is 1. The minimum atomic E-state index is 0.163. The van der Waals surface area contributed by atoms with Gasteiger partial charge in [0.1, 0.15) is 5.82 Å². The number of nitrogens with one attached hydrogen (secondary N) is 1. The fraction of sp³-hybridized carbons (Fsp3) is 0.524. The van der Waals surface area contributed by atoms with Gasteiger partial charge in [0, 0.05) is 36.1 Å². The highest BCUT2D eigenvalue weighted by Gasteiger charge is 2.40. The minimum absolute atomic E-state index is 0.163. The second-order valence-electron chi connectivity index (χ2n) is 8.04. The van der Waals surface area contributed by atoms with Crippen molar-refractivity contribution in [2.24, 2.45) is 17.8 Å². The maximum atomic E-state index is 12.4. The van der Waals surface area contributed by atoms with Crippen molar-refractivity contribution < 1.29 is 4.79 Å². The first-order chi connectivity index (χ1) is 12.1. The zero-order valence-electron chi connectivity index (χ0n) is 15.1. The smallest absolute Gasteiger partial charge is 0.224 e. The van der Waals surface area contributed by atoms with Crippen molar-refractivity contribution in [1.29, 1.82) is 0 Å². The van der Waals surface area contributed by atoms with Gasteiger partial charge in [0.2, 0.25) is 5.91 Å². The van der Waals surface area contributed by atoms with Crippen LogP contribution in [0.25, 0.3) is 5.69 Å². The molecule has 1 heterocycles. The molecule has 1 aromatic carbocycles. The number of rotatable bonds is 5. The van der Waals surface area contributed by atoms with Crippen LogP contribution in [0.5, 0.6) is 0 Å². The van der Waals surface area contributed by atoms with Crippen LogP contribution in [0.1, 0.15) is 57.7 Å². The third kappa shape index (κ3) is 3.35. The summed E-state index contributed by atoms with van der Waals surface area (Å²) in [5, 5.41) is 3.07. The van der Waals surface area contributed by atoms with Gasteiger partial charge in [0.15, 0.2) is 0 Å². The van der Waals surface area contributed by atoms with Crippen molar-refractivity contribution in [3.63, 3.8) is 0 Å². The van der Waals surface area contributed by atoms with E-state index in [2.05, 4.69) is 28.7 Å². The number of aromatic nitrogens is 2. The Morgan fingerprint density at radius 1 is 1.24 bits per heavy atom. The highest BCUT2D eigenvalue weighted by atomic mass is 16.1. The standard InChI is InChI=1S/C21H27N3O/c1-14(2)21-22-9-10-24(21)19-7-5-18(6-8-19)23-20(25)13-17-12-15-3-4-16(17)11-15/h5-10,14-17H,3-4,11-13H2,1-2H3,(H,23,25). The third-order valence-electron chi connectivity index (χ3n) is 5.95. The number of carbonyl (C=O) groups is 1. The predicted octanol–water partition coefficient (Wildman–Crippen LogP) is 4.76. The van der Waals surface area contributed by atoms with Gasteiger partial charge >= 0.3 is 0 Å². The number of hydrogen-bond acceptors (Lipinski definition) is 2. The molecule has 3 atom stereocenters. The van der Waals surface area contributed by atoms with Crippen molar-refractivity contribution in [1.82, 2.24) is 9.55 Å². The number of amides is 1. The zero-order valence-corrected chi connectivity index (χ0v) is 15.1. The molecule has 2 aromatic rings. The summed E-state index contributed by atoms with van der Waals surface area (Å²) in [7, 11) is 0. The molecule has 2 aliphatic rings. The summed E-state index contributed by atoms with van der Waals surface area (Å²) < 4.78 is 2.10. The lowest BCUT2D eigenvalue weighted by molar-refractivity contribution is -0.117. The summed E-state index contributed by atoms with van der Waals surface area (Å²) in [6.07, 6.45) is 9.84. The lowest BCUT2D eigenvalue weighted by Gasteiger charge is -2.21. The molecule has 1 amide bonds. The van der Waals surface area contributed by atoms with E-state index in [-0.39, 0.29) is 5.91 Å². The maximum Gasteiger partial charge on any atom is 0.224 e. The summed E-state index contributed by atoms with van der Waals surface area (Å²) in [4.78, 5) is 16.8. The molecule has 1 aromatic heterocycles. The Morgan fingerprint density at radius 2 is 2.04 bits per heavy atom. The molecule has 0 spiro atoms. The summed E-state index contributed by atoms with van der Waals surface area (Å²) in [5.74, 6) is 3.89. The van der Waals surface area contributed by atoms with E-state index < -0.39 is 0 Å². The highest BCUT2D eigenvalue weighted by Crippen LogP contribution is 2.49. The summed E-state index contributed by atoms with van der Waals surface area (Å²) in [6.45, 7) is 4.28. The van der Waals surface area contributed by atoms with Crippen molar-refractivity contribution in [3.8, 4) is 5.69 Å². The van der Waals surface area contributed by atoms with E-state index in [0.717, 1.165) is 29.0 Å². The second kappa shape index (κ2) is 6.66. The van der Waals surface area contributed by atoms with Gasteiger partial charge in [-0.1, -0.05) is 20.3 Å². The average Bonchev–Trinajstić information content (AvgIpc) is 3.31. The Kier molecular flexibility index (Phi) is 4.36. The van der Waals surface area contributed by atoms with E-state index in [4.69, 9.17) is 0 Å². The van der Waals surface area contributed by atoms with Crippen LogP contribution in [0.4, 0.5) is 5.69 Å². The Bertz CT molecular complexity index is 747. The van der Waals surface area contributed by atoms with Crippen molar-refractivity contribution >= 4 is 11.6 Å². The van der Waals surface area contributed by atoms with Crippen LogP contribution in [-0.4, -0.2) is 15.5 Å². The Labute approximate surface area is 149 Å². The lowest BCUT2D eigenvalue weighted by Crippen LogP contribution is -2.20. The Hall–Kier alpha value is -2.10. The SMILES string of the molecule is CC(C)c1nccn1-c1ccc(NC(=O)CC2CC3CCC2C3)cc1. The summed E-state index contributed by atoms with van der Waals surface area (Å²) in [5.41, 5.74) is 1.95. The van der Waals surface area contributed by atoms with Crippen LogP contribution in [0.2, 0.25) is 0 Å². The molecule has 4 rings (SSSR count). The third-order valence-corrected chi connectivity index (χ3v) is 5.95. The molecule has 2 bridgehead atoms. The van der Waals surface area contributed by atoms with Gasteiger partial charge in [0.25, 0.3) is 0 Å². The van der Waals surface area contributed by atoms with E-state index in [0.29, 0.717) is 18.3 Å². The number of hydrogen-bond donors (Lipinski definition) is 1. The maximum absolute atomic E-state index is 12.4. The summed E-state index contributed by atoms with van der Waals surface area (Å²) in [6, 6.07) is 8.05. The van der Waals surface area contributed by atoms with Crippen molar-refractivity contribution in [2.45, 2.75) is 51.9 Å². The number of benzene rings is 1. The molecule has 25 heavy (non-hydrogen) atoms. The number of nitrogens with zero attached hydrogens (tertiary/aromatic N) is 2. The molecule has 2 saturated carbocycles.